The summed E-state index contributed by atoms with van der Waals surface area (Å²) in [4.78, 5) is 0. The Morgan fingerprint density at radius 1 is 0.826 bits per heavy atom. The third-order valence-electron chi connectivity index (χ3n) is 4.73. The Bertz CT molecular complexity index is 820. The maximum absolute atomic E-state index is 6.68. The predicted molar refractivity (Wildman–Crippen MR) is 110 cm³/mol. The van der Waals surface area contributed by atoms with E-state index in [4.69, 9.17) is 11.6 Å². The first-order valence-electron chi connectivity index (χ1n) is 8.43. The molecule has 3 heteroatoms. The molecule has 0 amide bonds. The molecule has 0 fully saturated rings. The first-order valence-corrected chi connectivity index (χ1v) is 10.4. The number of hydrogen-bond acceptors (Lipinski definition) is 1. The predicted octanol–water partition coefficient (Wildman–Crippen LogP) is 7.72. The lowest BCUT2D eigenvalue weighted by atomic mass is 9.98. The smallest absolute Gasteiger partial charge is 0.0484 e. The van der Waals surface area contributed by atoms with Crippen molar-refractivity contribution in [1.29, 1.82) is 0 Å². The van der Waals surface area contributed by atoms with E-state index in [9.17, 15) is 0 Å². The van der Waals surface area contributed by atoms with Crippen LogP contribution in [0, 0.1) is 0 Å². The van der Waals surface area contributed by atoms with Gasteiger partial charge in [-0.05, 0) is 60.1 Å². The molecule has 0 radical (unpaired) electrons. The second kappa shape index (κ2) is 6.74. The van der Waals surface area contributed by atoms with Crippen LogP contribution in [0.1, 0.15) is 49.9 Å². The monoisotopic (exact) mass is 408 g/mol. The van der Waals surface area contributed by atoms with Crippen molar-refractivity contribution in [2.75, 3.05) is 0 Å². The van der Waals surface area contributed by atoms with Crippen LogP contribution in [-0.4, -0.2) is 0 Å². The van der Waals surface area contributed by atoms with E-state index < -0.39 is 0 Å². The molecular weight excluding hydrogens is 388 g/mol. The SMILES string of the molecule is CCc1cc2c(sc3c(CC)c(Br)c(CC)cc32)c(CC)c1Cl. The number of rotatable bonds is 4. The van der Waals surface area contributed by atoms with Crippen LogP contribution in [-0.2, 0) is 25.7 Å². The molecule has 0 atom stereocenters. The van der Waals surface area contributed by atoms with Crippen LogP contribution in [0.2, 0.25) is 5.02 Å². The van der Waals surface area contributed by atoms with Gasteiger partial charge in [-0.2, -0.15) is 0 Å². The van der Waals surface area contributed by atoms with E-state index >= 15 is 0 Å². The van der Waals surface area contributed by atoms with E-state index in [-0.39, 0.29) is 0 Å². The molecule has 0 bridgehead atoms. The summed E-state index contributed by atoms with van der Waals surface area (Å²) in [5, 5.41) is 3.77. The maximum Gasteiger partial charge on any atom is 0.0484 e. The van der Waals surface area contributed by atoms with Gasteiger partial charge in [0.25, 0.3) is 0 Å². The molecule has 1 heterocycles. The fourth-order valence-corrected chi connectivity index (χ4v) is 6.38. The summed E-state index contributed by atoms with van der Waals surface area (Å²) >= 11 is 12.4. The summed E-state index contributed by atoms with van der Waals surface area (Å²) in [6.07, 6.45) is 4.07. The lowest BCUT2D eigenvalue weighted by molar-refractivity contribution is 1.09. The zero-order chi connectivity index (χ0) is 16.7. The molecule has 3 aromatic rings. The molecule has 0 nitrogen and oxygen atoms in total. The Labute approximate surface area is 156 Å². The fourth-order valence-electron chi connectivity index (χ4n) is 3.40. The number of thiophene rings is 1. The number of hydrogen-bond donors (Lipinski definition) is 0. The van der Waals surface area contributed by atoms with Crippen molar-refractivity contribution < 1.29 is 0 Å². The molecular formula is C20H22BrClS. The van der Waals surface area contributed by atoms with Gasteiger partial charge in [0.1, 0.15) is 0 Å². The van der Waals surface area contributed by atoms with Gasteiger partial charge in [0.15, 0.2) is 0 Å². The molecule has 23 heavy (non-hydrogen) atoms. The van der Waals surface area contributed by atoms with Gasteiger partial charge in [-0.25, -0.2) is 0 Å². The van der Waals surface area contributed by atoms with Gasteiger partial charge in [-0.1, -0.05) is 55.2 Å². The lowest BCUT2D eigenvalue weighted by Gasteiger charge is -2.10. The zero-order valence-electron chi connectivity index (χ0n) is 14.1. The third kappa shape index (κ3) is 2.63. The Balaban J connectivity index is 2.53. The summed E-state index contributed by atoms with van der Waals surface area (Å²) < 4.78 is 4.09. The highest BCUT2D eigenvalue weighted by Gasteiger charge is 2.18. The minimum absolute atomic E-state index is 0.974. The topological polar surface area (TPSA) is 0 Å². The van der Waals surface area contributed by atoms with Crippen LogP contribution in [0.15, 0.2) is 16.6 Å². The molecule has 3 rings (SSSR count). The van der Waals surface area contributed by atoms with Crippen LogP contribution in [0.3, 0.4) is 0 Å². The standard InChI is InChI=1S/C20H22BrClS/c1-5-11-9-15-16-10-12(6-2)18(22)14(8-4)20(16)23-19(15)13(7-3)17(11)21/h9-10H,5-8H2,1-4H3. The molecule has 0 saturated heterocycles. The number of aryl methyl sites for hydroxylation is 4. The van der Waals surface area contributed by atoms with E-state index in [2.05, 4.69) is 55.8 Å². The molecule has 0 N–H and O–H groups in total. The summed E-state index contributed by atoms with van der Waals surface area (Å²) in [5.41, 5.74) is 5.44. The van der Waals surface area contributed by atoms with Crippen LogP contribution < -0.4 is 0 Å². The van der Waals surface area contributed by atoms with E-state index in [0.717, 1.165) is 30.7 Å². The van der Waals surface area contributed by atoms with Crippen molar-refractivity contribution >= 4 is 59.0 Å². The molecule has 2 aromatic carbocycles. The quantitative estimate of drug-likeness (QED) is 0.413. The largest absolute Gasteiger partial charge is 0.135 e. The van der Waals surface area contributed by atoms with E-state index in [1.165, 1.54) is 46.9 Å². The summed E-state index contributed by atoms with van der Waals surface area (Å²) in [6.45, 7) is 8.87. The Morgan fingerprint density at radius 2 is 1.35 bits per heavy atom. The van der Waals surface area contributed by atoms with Crippen LogP contribution in [0.5, 0.6) is 0 Å². The highest BCUT2D eigenvalue weighted by molar-refractivity contribution is 9.10. The van der Waals surface area contributed by atoms with Crippen molar-refractivity contribution in [3.63, 3.8) is 0 Å². The third-order valence-corrected chi connectivity index (χ3v) is 7.53. The molecule has 0 aliphatic rings. The second-order valence-electron chi connectivity index (χ2n) is 5.93. The van der Waals surface area contributed by atoms with Crippen molar-refractivity contribution in [3.05, 3.63) is 43.9 Å². The Hall–Kier alpha value is -0.570. The average Bonchev–Trinajstić information content (AvgIpc) is 2.91. The first-order chi connectivity index (χ1) is 11.1. The van der Waals surface area contributed by atoms with Gasteiger partial charge in [-0.15, -0.1) is 11.3 Å². The van der Waals surface area contributed by atoms with Gasteiger partial charge in [-0.3, -0.25) is 0 Å². The van der Waals surface area contributed by atoms with E-state index in [0.29, 0.717) is 0 Å². The lowest BCUT2D eigenvalue weighted by Crippen LogP contribution is -1.91. The zero-order valence-corrected chi connectivity index (χ0v) is 17.3. The average molecular weight is 410 g/mol. The van der Waals surface area contributed by atoms with Gasteiger partial charge < -0.3 is 0 Å². The van der Waals surface area contributed by atoms with Crippen molar-refractivity contribution in [2.45, 2.75) is 53.4 Å². The molecule has 1 aromatic heterocycles. The minimum atomic E-state index is 0.974. The first kappa shape index (κ1) is 17.3. The van der Waals surface area contributed by atoms with Gasteiger partial charge >= 0.3 is 0 Å². The van der Waals surface area contributed by atoms with Crippen LogP contribution >= 0.6 is 38.9 Å². The van der Waals surface area contributed by atoms with E-state index in [1.54, 1.807) is 0 Å². The van der Waals surface area contributed by atoms with E-state index in [1.807, 2.05) is 11.3 Å². The molecule has 0 spiro atoms. The van der Waals surface area contributed by atoms with Crippen LogP contribution in [0.4, 0.5) is 0 Å². The molecule has 0 aliphatic carbocycles. The number of benzene rings is 2. The highest BCUT2D eigenvalue weighted by Crippen LogP contribution is 2.44. The van der Waals surface area contributed by atoms with Gasteiger partial charge in [0.2, 0.25) is 0 Å². The minimum Gasteiger partial charge on any atom is -0.135 e. The van der Waals surface area contributed by atoms with Crippen molar-refractivity contribution in [3.8, 4) is 0 Å². The Kier molecular flexibility index (Phi) is 5.06. The normalized spacial score (nSPS) is 11.7. The summed E-state index contributed by atoms with van der Waals surface area (Å²) in [5.74, 6) is 0. The molecule has 0 aliphatic heterocycles. The van der Waals surface area contributed by atoms with Gasteiger partial charge in [0, 0.05) is 29.7 Å². The maximum atomic E-state index is 6.68. The number of fused-ring (bicyclic) bond motifs is 3. The summed E-state index contributed by atoms with van der Waals surface area (Å²) in [6, 6.07) is 4.70. The molecule has 0 unspecified atom stereocenters. The van der Waals surface area contributed by atoms with Crippen molar-refractivity contribution in [2.24, 2.45) is 0 Å². The molecule has 122 valence electrons. The number of halogens is 2. The second-order valence-corrected chi connectivity index (χ2v) is 8.12. The fraction of sp³-hybridized carbons (Fsp3) is 0.400. The summed E-state index contributed by atoms with van der Waals surface area (Å²) in [7, 11) is 0. The molecule has 0 saturated carbocycles. The van der Waals surface area contributed by atoms with Crippen LogP contribution in [0.25, 0.3) is 20.2 Å². The van der Waals surface area contributed by atoms with Crippen molar-refractivity contribution in [1.82, 2.24) is 0 Å². The van der Waals surface area contributed by atoms with Gasteiger partial charge in [0.05, 0.1) is 0 Å². The highest BCUT2D eigenvalue weighted by atomic mass is 79.9. The Morgan fingerprint density at radius 3 is 1.87 bits per heavy atom.